The average Bonchev–Trinajstić information content (AvgIpc) is 3.34. The molecule has 0 spiro atoms. The van der Waals surface area contributed by atoms with Crippen LogP contribution < -0.4 is 15.5 Å². The largest absolute Gasteiger partial charge is 0.457 e. The summed E-state index contributed by atoms with van der Waals surface area (Å²) in [5.74, 6) is -0.335. The summed E-state index contributed by atoms with van der Waals surface area (Å²) in [5.41, 5.74) is 4.11. The molecule has 4 aromatic rings. The maximum Gasteiger partial charge on any atom is 0.379 e. The molecule has 4 rings (SSSR count). The number of rotatable bonds is 7. The van der Waals surface area contributed by atoms with E-state index in [2.05, 4.69) is 15.8 Å². The summed E-state index contributed by atoms with van der Waals surface area (Å²) < 4.78 is 10.2. The lowest BCUT2D eigenvalue weighted by Crippen LogP contribution is -2.25. The predicted molar refractivity (Wildman–Crippen MR) is 118 cm³/mol. The van der Waals surface area contributed by atoms with Crippen LogP contribution in [0.1, 0.15) is 16.1 Å². The van der Waals surface area contributed by atoms with Crippen LogP contribution in [-0.2, 0) is 4.79 Å². The van der Waals surface area contributed by atoms with E-state index < -0.39 is 5.97 Å². The third-order valence-electron chi connectivity index (χ3n) is 4.44. The Labute approximate surface area is 178 Å². The van der Waals surface area contributed by atoms with Crippen molar-refractivity contribution in [2.24, 2.45) is 5.10 Å². The molecule has 1 heterocycles. The molecule has 0 aliphatic heterocycles. The molecule has 1 amide bonds. The molecule has 0 atom stereocenters. The second-order valence-electron chi connectivity index (χ2n) is 6.61. The van der Waals surface area contributed by atoms with E-state index in [9.17, 15) is 9.59 Å². The fourth-order valence-electron chi connectivity index (χ4n) is 2.95. The highest BCUT2D eigenvalue weighted by atomic mass is 16.5. The van der Waals surface area contributed by atoms with E-state index in [0.717, 1.165) is 22.0 Å². The van der Waals surface area contributed by atoms with Crippen LogP contribution in [0.5, 0.6) is 5.75 Å². The van der Waals surface area contributed by atoms with Gasteiger partial charge in [0.1, 0.15) is 5.75 Å². The minimum absolute atomic E-state index is 0.0903. The quantitative estimate of drug-likeness (QED) is 0.205. The summed E-state index contributed by atoms with van der Waals surface area (Å²) in [5, 5.41) is 9.24. The Hall–Kier alpha value is -4.39. The number of nitrogens with zero attached hydrogens (tertiary/aromatic N) is 1. The summed E-state index contributed by atoms with van der Waals surface area (Å²) in [6, 6.07) is 23.7. The summed E-state index contributed by atoms with van der Waals surface area (Å²) in [6.07, 6.45) is 2.91. The van der Waals surface area contributed by atoms with Crippen LogP contribution in [-0.4, -0.2) is 24.6 Å². The Morgan fingerprint density at radius 2 is 1.74 bits per heavy atom. The van der Waals surface area contributed by atoms with Crippen LogP contribution >= 0.6 is 0 Å². The smallest absolute Gasteiger partial charge is 0.379 e. The van der Waals surface area contributed by atoms with E-state index >= 15 is 0 Å². The van der Waals surface area contributed by atoms with Crippen LogP contribution in [0, 0.1) is 0 Å². The number of hydrazone groups is 1. The van der Waals surface area contributed by atoms with Gasteiger partial charge in [-0.2, -0.15) is 5.10 Å². The molecule has 0 aliphatic rings. The van der Waals surface area contributed by atoms with Crippen molar-refractivity contribution in [2.45, 2.75) is 0 Å². The third-order valence-corrected chi connectivity index (χ3v) is 4.44. The minimum atomic E-state index is -0.572. The molecule has 31 heavy (non-hydrogen) atoms. The lowest BCUT2D eigenvalue weighted by Gasteiger charge is -2.08. The van der Waals surface area contributed by atoms with E-state index in [1.54, 1.807) is 30.3 Å². The Morgan fingerprint density at radius 1 is 0.935 bits per heavy atom. The highest BCUT2D eigenvalue weighted by Gasteiger charge is 2.11. The van der Waals surface area contributed by atoms with Gasteiger partial charge in [-0.3, -0.25) is 4.79 Å². The van der Waals surface area contributed by atoms with Crippen molar-refractivity contribution >= 4 is 34.6 Å². The van der Waals surface area contributed by atoms with Gasteiger partial charge in [0, 0.05) is 11.1 Å². The third kappa shape index (κ3) is 5.16. The summed E-state index contributed by atoms with van der Waals surface area (Å²) in [7, 11) is 0. The van der Waals surface area contributed by atoms with Gasteiger partial charge in [-0.15, -0.1) is 0 Å². The molecule has 0 aliphatic carbocycles. The van der Waals surface area contributed by atoms with Crippen molar-refractivity contribution in [1.82, 2.24) is 5.43 Å². The fraction of sp³-hybridized carbons (Fsp3) is 0.0417. The van der Waals surface area contributed by atoms with Crippen molar-refractivity contribution in [3.8, 4) is 5.75 Å². The van der Waals surface area contributed by atoms with Crippen molar-refractivity contribution in [3.63, 3.8) is 0 Å². The highest BCUT2D eigenvalue weighted by molar-refractivity contribution is 5.95. The molecular weight excluding hydrogens is 394 g/mol. The van der Waals surface area contributed by atoms with Gasteiger partial charge in [-0.05, 0) is 53.4 Å². The molecule has 7 heteroatoms. The van der Waals surface area contributed by atoms with Crippen molar-refractivity contribution < 1.29 is 18.7 Å². The molecule has 0 bridgehead atoms. The average molecular weight is 413 g/mol. The van der Waals surface area contributed by atoms with Crippen LogP contribution in [0.2, 0.25) is 0 Å². The zero-order valence-corrected chi connectivity index (χ0v) is 16.4. The first-order valence-electron chi connectivity index (χ1n) is 9.58. The van der Waals surface area contributed by atoms with Crippen LogP contribution in [0.15, 0.2) is 94.6 Å². The minimum Gasteiger partial charge on any atom is -0.457 e. The van der Waals surface area contributed by atoms with Crippen molar-refractivity contribution in [2.75, 3.05) is 11.9 Å². The number of carbonyl (C=O) groups excluding carboxylic acids is 2. The molecule has 0 saturated carbocycles. The maximum absolute atomic E-state index is 12.1. The Morgan fingerprint density at radius 3 is 2.55 bits per heavy atom. The molecule has 154 valence electrons. The molecule has 0 fully saturated rings. The number of furan rings is 1. The number of nitrogens with one attached hydrogen (secondary N) is 2. The Balaban J connectivity index is 1.27. The second-order valence-corrected chi connectivity index (χ2v) is 6.61. The number of hydrogen-bond acceptors (Lipinski definition) is 6. The topological polar surface area (TPSA) is 92.9 Å². The zero-order valence-electron chi connectivity index (χ0n) is 16.4. The number of carbonyl (C=O) groups is 2. The SMILES string of the molecule is O=C(CNc1cccc2ccccc12)N/N=C\c1ccc(OC(=O)c2ccco2)cc1. The molecule has 3 aromatic carbocycles. The normalized spacial score (nSPS) is 10.8. The molecule has 0 unspecified atom stereocenters. The number of amides is 1. The van der Waals surface area contributed by atoms with Crippen molar-refractivity contribution in [3.05, 3.63) is 96.4 Å². The highest BCUT2D eigenvalue weighted by Crippen LogP contribution is 2.22. The lowest BCUT2D eigenvalue weighted by atomic mass is 10.1. The number of benzene rings is 3. The lowest BCUT2D eigenvalue weighted by molar-refractivity contribution is -0.119. The van der Waals surface area contributed by atoms with Gasteiger partial charge < -0.3 is 14.5 Å². The Kier molecular flexibility index (Phi) is 6.04. The van der Waals surface area contributed by atoms with Gasteiger partial charge in [0.2, 0.25) is 5.76 Å². The van der Waals surface area contributed by atoms with Gasteiger partial charge in [0.15, 0.2) is 0 Å². The van der Waals surface area contributed by atoms with Crippen LogP contribution in [0.4, 0.5) is 5.69 Å². The standard InChI is InChI=1S/C24H19N3O4/c28-23(16-25-21-8-3-6-18-5-1-2-7-20(18)21)27-26-15-17-10-12-19(13-11-17)31-24(29)22-9-4-14-30-22/h1-15,25H,16H2,(H,27,28)/b26-15-. The molecule has 7 nitrogen and oxygen atoms in total. The summed E-state index contributed by atoms with van der Waals surface area (Å²) in [4.78, 5) is 23.9. The van der Waals surface area contributed by atoms with Gasteiger partial charge in [0.05, 0.1) is 19.0 Å². The van der Waals surface area contributed by atoms with Gasteiger partial charge >= 0.3 is 5.97 Å². The monoisotopic (exact) mass is 413 g/mol. The van der Waals surface area contributed by atoms with E-state index in [1.807, 2.05) is 42.5 Å². The number of anilines is 1. The fourth-order valence-corrected chi connectivity index (χ4v) is 2.95. The van der Waals surface area contributed by atoms with E-state index in [4.69, 9.17) is 9.15 Å². The van der Waals surface area contributed by atoms with E-state index in [0.29, 0.717) is 5.75 Å². The summed E-state index contributed by atoms with van der Waals surface area (Å²) in [6.45, 7) is 0.0903. The number of esters is 1. The molecular formula is C24H19N3O4. The number of fused-ring (bicyclic) bond motifs is 1. The maximum atomic E-state index is 12.1. The Bertz CT molecular complexity index is 1210. The van der Waals surface area contributed by atoms with Crippen LogP contribution in [0.3, 0.4) is 0 Å². The van der Waals surface area contributed by atoms with Crippen molar-refractivity contribution in [1.29, 1.82) is 0 Å². The van der Waals surface area contributed by atoms with Crippen LogP contribution in [0.25, 0.3) is 10.8 Å². The second kappa shape index (κ2) is 9.41. The first-order chi connectivity index (χ1) is 15.2. The molecule has 0 saturated heterocycles. The van der Waals surface area contributed by atoms with E-state index in [-0.39, 0.29) is 18.2 Å². The van der Waals surface area contributed by atoms with Gasteiger partial charge in [-0.1, -0.05) is 36.4 Å². The zero-order chi connectivity index (χ0) is 21.5. The summed E-state index contributed by atoms with van der Waals surface area (Å²) >= 11 is 0. The van der Waals surface area contributed by atoms with E-state index in [1.165, 1.54) is 18.5 Å². The van der Waals surface area contributed by atoms with Gasteiger partial charge in [0.25, 0.3) is 5.91 Å². The number of hydrogen-bond donors (Lipinski definition) is 2. The van der Waals surface area contributed by atoms with Gasteiger partial charge in [-0.25, -0.2) is 10.2 Å². The molecule has 2 N–H and O–H groups in total. The first kappa shape index (κ1) is 19.9. The molecule has 0 radical (unpaired) electrons. The number of ether oxygens (including phenoxy) is 1. The first-order valence-corrected chi connectivity index (χ1v) is 9.58. The molecule has 1 aromatic heterocycles. The predicted octanol–water partition coefficient (Wildman–Crippen LogP) is 4.21.